The van der Waals surface area contributed by atoms with Gasteiger partial charge in [-0.15, -0.1) is 0 Å². The first-order valence-electron chi connectivity index (χ1n) is 10.6. The van der Waals surface area contributed by atoms with Crippen molar-refractivity contribution in [3.05, 3.63) is 71.3 Å². The molecule has 0 N–H and O–H groups in total. The Bertz CT molecular complexity index is 876. The molecule has 0 saturated carbocycles. The van der Waals surface area contributed by atoms with Gasteiger partial charge in [-0.05, 0) is 29.5 Å². The first-order chi connectivity index (χ1) is 14.3. The molecule has 0 spiro atoms. The maximum Gasteiger partial charge on any atom is 0.262 e. The Morgan fingerprint density at radius 3 is 1.73 bits per heavy atom. The summed E-state index contributed by atoms with van der Waals surface area (Å²) >= 11 is 0. The van der Waals surface area contributed by atoms with Gasteiger partial charge in [0.05, 0.1) is 11.1 Å². The Morgan fingerprint density at radius 1 is 0.800 bits per heavy atom. The van der Waals surface area contributed by atoms with E-state index in [2.05, 4.69) is 27.7 Å². The van der Waals surface area contributed by atoms with Crippen LogP contribution in [0.3, 0.4) is 0 Å². The molecule has 2 aromatic rings. The third-order valence-electron chi connectivity index (χ3n) is 5.18. The zero-order valence-electron chi connectivity index (χ0n) is 18.2. The van der Waals surface area contributed by atoms with Gasteiger partial charge in [-0.3, -0.25) is 19.3 Å². The molecule has 0 aromatic heterocycles. The van der Waals surface area contributed by atoms with Crippen molar-refractivity contribution in [3.63, 3.8) is 0 Å². The molecular weight excluding hydrogens is 376 g/mol. The van der Waals surface area contributed by atoms with Gasteiger partial charge in [-0.25, -0.2) is 0 Å². The Labute approximate surface area is 178 Å². The fourth-order valence-corrected chi connectivity index (χ4v) is 3.96. The number of imide groups is 1. The lowest BCUT2D eigenvalue weighted by molar-refractivity contribution is -0.136. The molecule has 0 bridgehead atoms. The highest BCUT2D eigenvalue weighted by atomic mass is 16.2. The third-order valence-corrected chi connectivity index (χ3v) is 5.18. The Balaban J connectivity index is 1.99. The van der Waals surface area contributed by atoms with Gasteiger partial charge in [0.2, 0.25) is 5.91 Å². The Morgan fingerprint density at radius 2 is 1.27 bits per heavy atom. The van der Waals surface area contributed by atoms with Crippen LogP contribution in [-0.4, -0.2) is 46.7 Å². The highest BCUT2D eigenvalue weighted by Gasteiger charge is 2.43. The topological polar surface area (TPSA) is 57.7 Å². The molecule has 0 saturated heterocycles. The van der Waals surface area contributed by atoms with E-state index in [1.165, 1.54) is 4.90 Å². The van der Waals surface area contributed by atoms with Crippen molar-refractivity contribution >= 4 is 17.7 Å². The minimum absolute atomic E-state index is 0.171. The van der Waals surface area contributed by atoms with Gasteiger partial charge in [0.15, 0.2) is 0 Å². The molecule has 0 fully saturated rings. The zero-order valence-corrected chi connectivity index (χ0v) is 18.2. The van der Waals surface area contributed by atoms with Gasteiger partial charge >= 0.3 is 0 Å². The molecule has 1 aliphatic heterocycles. The van der Waals surface area contributed by atoms with Crippen LogP contribution in [0, 0.1) is 11.8 Å². The minimum atomic E-state index is -0.864. The minimum Gasteiger partial charge on any atom is -0.340 e. The Hall–Kier alpha value is -2.95. The molecule has 1 atom stereocenters. The van der Waals surface area contributed by atoms with Crippen LogP contribution in [0.15, 0.2) is 54.6 Å². The van der Waals surface area contributed by atoms with Gasteiger partial charge in [-0.1, -0.05) is 70.2 Å². The number of rotatable bonds is 8. The summed E-state index contributed by atoms with van der Waals surface area (Å²) in [5.41, 5.74) is 1.65. The smallest absolute Gasteiger partial charge is 0.262 e. The van der Waals surface area contributed by atoms with E-state index in [9.17, 15) is 14.4 Å². The predicted molar refractivity (Wildman–Crippen MR) is 117 cm³/mol. The van der Waals surface area contributed by atoms with Crippen molar-refractivity contribution < 1.29 is 14.4 Å². The van der Waals surface area contributed by atoms with Gasteiger partial charge in [0, 0.05) is 19.5 Å². The van der Waals surface area contributed by atoms with Gasteiger partial charge in [0.1, 0.15) is 6.04 Å². The molecule has 30 heavy (non-hydrogen) atoms. The van der Waals surface area contributed by atoms with Gasteiger partial charge in [0.25, 0.3) is 11.8 Å². The largest absolute Gasteiger partial charge is 0.340 e. The van der Waals surface area contributed by atoms with Gasteiger partial charge in [-0.2, -0.15) is 0 Å². The van der Waals surface area contributed by atoms with E-state index < -0.39 is 6.04 Å². The molecule has 158 valence electrons. The highest BCUT2D eigenvalue weighted by molar-refractivity contribution is 6.22. The fourth-order valence-electron chi connectivity index (χ4n) is 3.96. The van der Waals surface area contributed by atoms with Crippen LogP contribution in [0.1, 0.15) is 54.0 Å². The summed E-state index contributed by atoms with van der Waals surface area (Å²) in [5.74, 6) is -0.381. The first kappa shape index (κ1) is 21.8. The standard InChI is InChI=1S/C25H30N2O3/c1-17(2)15-26(16-18(3)4)25(30)22(14-19-10-6-5-7-11-19)27-23(28)20-12-8-9-13-21(20)24(27)29/h5-13,17-18,22H,14-16H2,1-4H3/t22-/m1/s1. The lowest BCUT2D eigenvalue weighted by atomic mass is 10.0. The normalized spacial score (nSPS) is 14.4. The van der Waals surface area contributed by atoms with Crippen molar-refractivity contribution in [1.29, 1.82) is 0 Å². The molecule has 1 heterocycles. The summed E-state index contributed by atoms with van der Waals surface area (Å²) in [6.07, 6.45) is 0.303. The second-order valence-corrected chi connectivity index (χ2v) is 8.76. The zero-order chi connectivity index (χ0) is 21.8. The van der Waals surface area contributed by atoms with Crippen molar-refractivity contribution in [1.82, 2.24) is 9.80 Å². The van der Waals surface area contributed by atoms with Crippen LogP contribution in [0.2, 0.25) is 0 Å². The van der Waals surface area contributed by atoms with E-state index in [0.29, 0.717) is 30.6 Å². The summed E-state index contributed by atoms with van der Waals surface area (Å²) < 4.78 is 0. The van der Waals surface area contributed by atoms with Crippen molar-refractivity contribution in [2.75, 3.05) is 13.1 Å². The second-order valence-electron chi connectivity index (χ2n) is 8.76. The number of benzene rings is 2. The molecule has 5 heteroatoms. The van der Waals surface area contributed by atoms with E-state index >= 15 is 0 Å². The molecule has 2 aromatic carbocycles. The van der Waals surface area contributed by atoms with Crippen molar-refractivity contribution in [2.24, 2.45) is 11.8 Å². The molecule has 0 unspecified atom stereocenters. The molecule has 3 amide bonds. The summed E-state index contributed by atoms with van der Waals surface area (Å²) in [4.78, 5) is 43.0. The average molecular weight is 407 g/mol. The summed E-state index contributed by atoms with van der Waals surface area (Å²) in [6.45, 7) is 9.43. The van der Waals surface area contributed by atoms with E-state index in [0.717, 1.165) is 5.56 Å². The quantitative estimate of drug-likeness (QED) is 0.622. The summed E-state index contributed by atoms with van der Waals surface area (Å²) in [6, 6.07) is 15.5. The third kappa shape index (κ3) is 4.61. The maximum atomic E-state index is 13.7. The number of amides is 3. The molecular formula is C25H30N2O3. The van der Waals surface area contributed by atoms with Crippen LogP contribution in [-0.2, 0) is 11.2 Å². The first-order valence-corrected chi connectivity index (χ1v) is 10.6. The van der Waals surface area contributed by atoms with Crippen LogP contribution in [0.5, 0.6) is 0 Å². The predicted octanol–water partition coefficient (Wildman–Crippen LogP) is 4.03. The van der Waals surface area contributed by atoms with Gasteiger partial charge < -0.3 is 4.90 Å². The van der Waals surface area contributed by atoms with Crippen molar-refractivity contribution in [2.45, 2.75) is 40.2 Å². The van der Waals surface area contributed by atoms with E-state index in [1.54, 1.807) is 24.3 Å². The average Bonchev–Trinajstić information content (AvgIpc) is 2.96. The Kier molecular flexibility index (Phi) is 6.70. The second kappa shape index (κ2) is 9.24. The van der Waals surface area contributed by atoms with Crippen LogP contribution in [0.4, 0.5) is 0 Å². The van der Waals surface area contributed by atoms with E-state index in [-0.39, 0.29) is 29.6 Å². The molecule has 0 aliphatic carbocycles. The SMILES string of the molecule is CC(C)CN(CC(C)C)C(=O)[C@@H](Cc1ccccc1)N1C(=O)c2ccccc2C1=O. The van der Waals surface area contributed by atoms with E-state index in [1.807, 2.05) is 35.2 Å². The molecule has 3 rings (SSSR count). The summed E-state index contributed by atoms with van der Waals surface area (Å²) in [5, 5.41) is 0. The number of carbonyl (C=O) groups is 3. The fraction of sp³-hybridized carbons (Fsp3) is 0.400. The van der Waals surface area contributed by atoms with Crippen LogP contribution in [0.25, 0.3) is 0 Å². The molecule has 5 nitrogen and oxygen atoms in total. The molecule has 1 aliphatic rings. The summed E-state index contributed by atoms with van der Waals surface area (Å²) in [7, 11) is 0. The van der Waals surface area contributed by atoms with Crippen LogP contribution < -0.4 is 0 Å². The maximum absolute atomic E-state index is 13.7. The number of hydrogen-bond acceptors (Lipinski definition) is 3. The lowest BCUT2D eigenvalue weighted by Gasteiger charge is -2.33. The number of hydrogen-bond donors (Lipinski definition) is 0. The lowest BCUT2D eigenvalue weighted by Crippen LogP contribution is -2.53. The number of fused-ring (bicyclic) bond motifs is 1. The van der Waals surface area contributed by atoms with Crippen LogP contribution >= 0.6 is 0 Å². The highest BCUT2D eigenvalue weighted by Crippen LogP contribution is 2.27. The van der Waals surface area contributed by atoms with E-state index in [4.69, 9.17) is 0 Å². The molecule has 0 radical (unpaired) electrons. The number of carbonyl (C=O) groups excluding carboxylic acids is 3. The number of nitrogens with zero attached hydrogens (tertiary/aromatic N) is 2. The van der Waals surface area contributed by atoms with Crippen molar-refractivity contribution in [3.8, 4) is 0 Å². The monoisotopic (exact) mass is 406 g/mol.